The van der Waals surface area contributed by atoms with Crippen LogP contribution in [0.25, 0.3) is 0 Å². The normalized spacial score (nSPS) is 21.2. The smallest absolute Gasteiger partial charge is 0.265 e. The Morgan fingerprint density at radius 2 is 2.32 bits per heavy atom. The van der Waals surface area contributed by atoms with Crippen molar-refractivity contribution in [3.8, 4) is 0 Å². The zero-order valence-electron chi connectivity index (χ0n) is 11.8. The Bertz CT molecular complexity index is 459. The minimum atomic E-state index is -0.0924. The Labute approximate surface area is 118 Å². The second-order valence-electron chi connectivity index (χ2n) is 5.32. The average molecular weight is 282 g/mol. The number of amides is 1. The van der Waals surface area contributed by atoms with Gasteiger partial charge in [0.1, 0.15) is 10.7 Å². The Hall–Kier alpha value is -1.30. The molecule has 0 radical (unpaired) electrons. The molecule has 5 nitrogen and oxygen atoms in total. The molecule has 1 saturated carbocycles. The summed E-state index contributed by atoms with van der Waals surface area (Å²) in [6.07, 6.45) is 2.25. The first-order chi connectivity index (χ1) is 9.02. The molecule has 3 N–H and O–H groups in total. The van der Waals surface area contributed by atoms with Gasteiger partial charge in [0, 0.05) is 20.1 Å². The minimum Gasteiger partial charge on any atom is -0.382 e. The van der Waals surface area contributed by atoms with Crippen molar-refractivity contribution in [2.24, 2.45) is 11.8 Å². The molecule has 1 amide bonds. The van der Waals surface area contributed by atoms with Gasteiger partial charge in [-0.3, -0.25) is 4.79 Å². The fourth-order valence-corrected chi connectivity index (χ4v) is 2.95. The quantitative estimate of drug-likeness (QED) is 0.836. The average Bonchev–Trinajstić information content (AvgIpc) is 2.92. The maximum Gasteiger partial charge on any atom is 0.265 e. The summed E-state index contributed by atoms with van der Waals surface area (Å²) in [5, 5.41) is 3.76. The zero-order chi connectivity index (χ0) is 14.0. The molecule has 0 aliphatic heterocycles. The fraction of sp³-hybridized carbons (Fsp3) is 0.692. The number of carbonyl (C=O) groups is 1. The van der Waals surface area contributed by atoms with Crippen molar-refractivity contribution in [3.63, 3.8) is 0 Å². The summed E-state index contributed by atoms with van der Waals surface area (Å²) in [4.78, 5) is 18.9. The standard InChI is InChI=1S/C13H22N4OS/c1-4-5-17(3)13-16-11(14)10(19-13)12(18)15-7-9-6-8(9)2/h8-9H,4-7,14H2,1-3H3,(H,15,18). The molecule has 1 aromatic heterocycles. The van der Waals surface area contributed by atoms with Crippen LogP contribution in [0.15, 0.2) is 0 Å². The number of nitrogens with zero attached hydrogens (tertiary/aromatic N) is 2. The largest absolute Gasteiger partial charge is 0.382 e. The molecule has 2 unspecified atom stereocenters. The van der Waals surface area contributed by atoms with Crippen LogP contribution in [0.1, 0.15) is 36.4 Å². The molecule has 1 heterocycles. The molecule has 0 aromatic carbocycles. The minimum absolute atomic E-state index is 0.0924. The van der Waals surface area contributed by atoms with E-state index < -0.39 is 0 Å². The molecule has 1 aliphatic rings. The highest BCUT2D eigenvalue weighted by Gasteiger charge is 2.32. The maximum absolute atomic E-state index is 12.1. The summed E-state index contributed by atoms with van der Waals surface area (Å²) in [7, 11) is 1.97. The first kappa shape index (κ1) is 14.1. The van der Waals surface area contributed by atoms with E-state index >= 15 is 0 Å². The van der Waals surface area contributed by atoms with Crippen LogP contribution in [-0.4, -0.2) is 31.0 Å². The molecule has 0 saturated heterocycles. The van der Waals surface area contributed by atoms with E-state index in [2.05, 4.69) is 24.1 Å². The van der Waals surface area contributed by atoms with Crippen molar-refractivity contribution in [2.75, 3.05) is 30.8 Å². The van der Waals surface area contributed by atoms with Crippen molar-refractivity contribution in [3.05, 3.63) is 4.88 Å². The Morgan fingerprint density at radius 1 is 1.63 bits per heavy atom. The number of carbonyl (C=O) groups excluding carboxylic acids is 1. The van der Waals surface area contributed by atoms with E-state index in [-0.39, 0.29) is 5.91 Å². The second-order valence-corrected chi connectivity index (χ2v) is 6.29. The van der Waals surface area contributed by atoms with Crippen LogP contribution in [0.5, 0.6) is 0 Å². The highest BCUT2D eigenvalue weighted by Crippen LogP contribution is 2.37. The Kier molecular flexibility index (Phi) is 4.29. The number of aromatic nitrogens is 1. The van der Waals surface area contributed by atoms with Gasteiger partial charge in [-0.1, -0.05) is 25.2 Å². The third-order valence-corrected chi connectivity index (χ3v) is 4.72. The molecule has 0 spiro atoms. The predicted octanol–water partition coefficient (Wildman–Crippen LogP) is 1.96. The number of hydrogen-bond acceptors (Lipinski definition) is 5. The zero-order valence-corrected chi connectivity index (χ0v) is 12.6. The lowest BCUT2D eigenvalue weighted by Crippen LogP contribution is -2.25. The van der Waals surface area contributed by atoms with Crippen LogP contribution in [0.2, 0.25) is 0 Å². The van der Waals surface area contributed by atoms with E-state index in [0.29, 0.717) is 16.6 Å². The summed E-state index contributed by atoms with van der Waals surface area (Å²) in [5.41, 5.74) is 5.84. The fourth-order valence-electron chi connectivity index (χ4n) is 2.06. The molecule has 1 fully saturated rings. The lowest BCUT2D eigenvalue weighted by molar-refractivity contribution is 0.0956. The first-order valence-corrected chi connectivity index (χ1v) is 7.60. The van der Waals surface area contributed by atoms with Gasteiger partial charge in [0.15, 0.2) is 5.13 Å². The highest BCUT2D eigenvalue weighted by molar-refractivity contribution is 7.18. The molecule has 2 rings (SSSR count). The van der Waals surface area contributed by atoms with E-state index in [4.69, 9.17) is 5.73 Å². The number of nitrogens with one attached hydrogen (secondary N) is 1. The van der Waals surface area contributed by atoms with Gasteiger partial charge in [-0.15, -0.1) is 0 Å². The van der Waals surface area contributed by atoms with E-state index in [1.807, 2.05) is 11.9 Å². The van der Waals surface area contributed by atoms with Gasteiger partial charge in [0.25, 0.3) is 5.91 Å². The first-order valence-electron chi connectivity index (χ1n) is 6.78. The Morgan fingerprint density at radius 3 is 2.89 bits per heavy atom. The second kappa shape index (κ2) is 5.77. The van der Waals surface area contributed by atoms with Gasteiger partial charge < -0.3 is 16.0 Å². The monoisotopic (exact) mass is 282 g/mol. The van der Waals surface area contributed by atoms with Gasteiger partial charge >= 0.3 is 0 Å². The SMILES string of the molecule is CCCN(C)c1nc(N)c(C(=O)NCC2CC2C)s1. The summed E-state index contributed by atoms with van der Waals surface area (Å²) in [6.45, 7) is 5.97. The molecule has 0 bridgehead atoms. The lowest BCUT2D eigenvalue weighted by atomic mass is 10.3. The van der Waals surface area contributed by atoms with E-state index in [1.54, 1.807) is 0 Å². The summed E-state index contributed by atoms with van der Waals surface area (Å²) < 4.78 is 0. The molecule has 6 heteroatoms. The number of anilines is 2. The molecule has 1 aromatic rings. The lowest BCUT2D eigenvalue weighted by Gasteiger charge is -2.13. The van der Waals surface area contributed by atoms with Gasteiger partial charge in [0.05, 0.1) is 0 Å². The molecule has 106 valence electrons. The van der Waals surface area contributed by atoms with E-state index in [1.165, 1.54) is 17.8 Å². The number of rotatable bonds is 6. The summed E-state index contributed by atoms with van der Waals surface area (Å²) in [5.74, 6) is 1.63. The van der Waals surface area contributed by atoms with Crippen LogP contribution in [0.4, 0.5) is 10.9 Å². The Balaban J connectivity index is 1.96. The van der Waals surface area contributed by atoms with Crippen molar-refractivity contribution < 1.29 is 4.79 Å². The van der Waals surface area contributed by atoms with Gasteiger partial charge in [-0.2, -0.15) is 0 Å². The topological polar surface area (TPSA) is 71.2 Å². The molecule has 2 atom stereocenters. The highest BCUT2D eigenvalue weighted by atomic mass is 32.1. The van der Waals surface area contributed by atoms with Crippen molar-refractivity contribution in [1.29, 1.82) is 0 Å². The molecule has 19 heavy (non-hydrogen) atoms. The molecular weight excluding hydrogens is 260 g/mol. The van der Waals surface area contributed by atoms with Crippen LogP contribution in [0.3, 0.4) is 0 Å². The van der Waals surface area contributed by atoms with E-state index in [9.17, 15) is 4.79 Å². The third-order valence-electron chi connectivity index (χ3n) is 3.53. The number of thiazole rings is 1. The van der Waals surface area contributed by atoms with Crippen molar-refractivity contribution >= 4 is 28.2 Å². The maximum atomic E-state index is 12.1. The third kappa shape index (κ3) is 3.37. The van der Waals surface area contributed by atoms with Crippen LogP contribution in [-0.2, 0) is 0 Å². The number of hydrogen-bond donors (Lipinski definition) is 2. The van der Waals surface area contributed by atoms with Gasteiger partial charge in [-0.05, 0) is 24.7 Å². The van der Waals surface area contributed by atoms with Gasteiger partial charge in [-0.25, -0.2) is 4.98 Å². The number of nitrogen functional groups attached to an aromatic ring is 1. The van der Waals surface area contributed by atoms with E-state index in [0.717, 1.165) is 30.6 Å². The van der Waals surface area contributed by atoms with Crippen LogP contribution >= 0.6 is 11.3 Å². The van der Waals surface area contributed by atoms with Gasteiger partial charge in [0.2, 0.25) is 0 Å². The predicted molar refractivity (Wildman–Crippen MR) is 79.7 cm³/mol. The van der Waals surface area contributed by atoms with Crippen LogP contribution in [0, 0.1) is 11.8 Å². The summed E-state index contributed by atoms with van der Waals surface area (Å²) in [6, 6.07) is 0. The molecular formula is C13H22N4OS. The van der Waals surface area contributed by atoms with Crippen molar-refractivity contribution in [2.45, 2.75) is 26.7 Å². The molecule has 1 aliphatic carbocycles. The van der Waals surface area contributed by atoms with Crippen LogP contribution < -0.4 is 16.0 Å². The number of nitrogens with two attached hydrogens (primary N) is 1. The van der Waals surface area contributed by atoms with Crippen molar-refractivity contribution in [1.82, 2.24) is 10.3 Å². The summed E-state index contributed by atoms with van der Waals surface area (Å²) >= 11 is 1.37.